The van der Waals surface area contributed by atoms with Crippen LogP contribution in [-0.2, 0) is 11.7 Å². The molecule has 1 aromatic carbocycles. The first-order valence-corrected chi connectivity index (χ1v) is 4.84. The molecular formula is C8H8BBrF2. The maximum absolute atomic E-state index is 13.0. The normalized spacial score (nSPS) is 10.2. The molecule has 0 atom stereocenters. The van der Waals surface area contributed by atoms with Gasteiger partial charge in [0.2, 0.25) is 0 Å². The first-order valence-electron chi connectivity index (χ1n) is 3.72. The first kappa shape index (κ1) is 9.71. The highest BCUT2D eigenvalue weighted by Gasteiger charge is 2.10. The Morgan fingerprint density at radius 1 is 1.17 bits per heavy atom. The zero-order chi connectivity index (χ0) is 9.14. The number of alkyl halides is 1. The van der Waals surface area contributed by atoms with Gasteiger partial charge in [-0.3, -0.25) is 0 Å². The lowest BCUT2D eigenvalue weighted by Crippen LogP contribution is -1.99. The third kappa shape index (κ3) is 1.68. The summed E-state index contributed by atoms with van der Waals surface area (Å²) in [5, 5.41) is 0.361. The molecule has 0 spiro atoms. The minimum Gasteiger partial charge on any atom is -0.207 e. The van der Waals surface area contributed by atoms with Gasteiger partial charge in [0.25, 0.3) is 0 Å². The summed E-state index contributed by atoms with van der Waals surface area (Å²) in [6.07, 6.45) is 0.518. The molecule has 0 aromatic heterocycles. The molecular weight excluding hydrogens is 225 g/mol. The van der Waals surface area contributed by atoms with Gasteiger partial charge >= 0.3 is 0 Å². The van der Waals surface area contributed by atoms with E-state index in [1.807, 2.05) is 7.85 Å². The van der Waals surface area contributed by atoms with Crippen molar-refractivity contribution in [2.45, 2.75) is 11.7 Å². The summed E-state index contributed by atoms with van der Waals surface area (Å²) in [6.45, 7) is 0. The predicted octanol–water partition coefficient (Wildman–Crippen LogP) is 1.99. The average Bonchev–Trinajstić information content (AvgIpc) is 2.08. The van der Waals surface area contributed by atoms with Crippen LogP contribution in [0.1, 0.15) is 11.1 Å². The molecule has 0 aliphatic rings. The molecule has 0 radical (unpaired) electrons. The number of hydrogen-bond donors (Lipinski definition) is 0. The Morgan fingerprint density at radius 3 is 2.00 bits per heavy atom. The van der Waals surface area contributed by atoms with Crippen LogP contribution < -0.4 is 0 Å². The summed E-state index contributed by atoms with van der Waals surface area (Å²) in [5.41, 5.74) is 0.893. The van der Waals surface area contributed by atoms with Crippen LogP contribution in [0.25, 0.3) is 0 Å². The predicted molar refractivity (Wildman–Crippen MR) is 51.2 cm³/mol. The third-order valence-corrected chi connectivity index (χ3v) is 2.36. The van der Waals surface area contributed by atoms with Crippen molar-refractivity contribution in [3.63, 3.8) is 0 Å². The molecule has 4 heteroatoms. The molecule has 1 aromatic rings. The van der Waals surface area contributed by atoms with Gasteiger partial charge in [0.15, 0.2) is 0 Å². The van der Waals surface area contributed by atoms with Gasteiger partial charge in [-0.2, -0.15) is 0 Å². The number of benzene rings is 1. The van der Waals surface area contributed by atoms with Crippen LogP contribution >= 0.6 is 15.9 Å². The van der Waals surface area contributed by atoms with Crippen molar-refractivity contribution in [2.24, 2.45) is 0 Å². The van der Waals surface area contributed by atoms with Crippen molar-refractivity contribution in [3.05, 3.63) is 34.9 Å². The van der Waals surface area contributed by atoms with Gasteiger partial charge in [-0.15, -0.1) is 0 Å². The largest absolute Gasteiger partial charge is 0.207 e. The van der Waals surface area contributed by atoms with Gasteiger partial charge in [0, 0.05) is 10.9 Å². The van der Waals surface area contributed by atoms with Crippen molar-refractivity contribution in [3.8, 4) is 0 Å². The van der Waals surface area contributed by atoms with Crippen molar-refractivity contribution < 1.29 is 8.78 Å². The first-order chi connectivity index (χ1) is 5.70. The van der Waals surface area contributed by atoms with Gasteiger partial charge in [0.1, 0.15) is 19.5 Å². The van der Waals surface area contributed by atoms with E-state index in [0.29, 0.717) is 22.8 Å². The number of halogens is 3. The van der Waals surface area contributed by atoms with E-state index in [2.05, 4.69) is 15.9 Å². The smallest absolute Gasteiger partial charge is 0.127 e. The fraction of sp³-hybridized carbons (Fsp3) is 0.250. The van der Waals surface area contributed by atoms with E-state index in [1.54, 1.807) is 0 Å². The Balaban J connectivity index is 3.28. The lowest BCUT2D eigenvalue weighted by molar-refractivity contribution is 0.582. The van der Waals surface area contributed by atoms with Gasteiger partial charge in [0.05, 0.1) is 0 Å². The van der Waals surface area contributed by atoms with E-state index >= 15 is 0 Å². The number of rotatable bonds is 2. The summed E-state index contributed by atoms with van der Waals surface area (Å²) >= 11 is 3.13. The molecule has 0 heterocycles. The van der Waals surface area contributed by atoms with E-state index in [1.165, 1.54) is 6.07 Å². The van der Waals surface area contributed by atoms with Crippen molar-refractivity contribution in [2.75, 3.05) is 0 Å². The molecule has 0 saturated heterocycles. The van der Waals surface area contributed by atoms with E-state index in [4.69, 9.17) is 0 Å². The summed E-state index contributed by atoms with van der Waals surface area (Å²) < 4.78 is 26.1. The van der Waals surface area contributed by atoms with E-state index < -0.39 is 0 Å². The highest BCUT2D eigenvalue weighted by atomic mass is 79.9. The molecule has 0 aliphatic carbocycles. The van der Waals surface area contributed by atoms with Crippen LogP contribution in [0.2, 0.25) is 0 Å². The molecule has 0 bridgehead atoms. The summed E-state index contributed by atoms with van der Waals surface area (Å²) in [5.74, 6) is -0.668. The van der Waals surface area contributed by atoms with Crippen LogP contribution in [-0.4, -0.2) is 7.85 Å². The molecule has 0 N–H and O–H groups in total. The maximum atomic E-state index is 13.0. The molecule has 0 fully saturated rings. The minimum atomic E-state index is -0.342. The SMILES string of the molecule is BCc1c(F)ccc(F)c1CBr. The van der Waals surface area contributed by atoms with E-state index in [9.17, 15) is 8.78 Å². The Bertz CT molecular complexity index is 260. The monoisotopic (exact) mass is 232 g/mol. The summed E-state index contributed by atoms with van der Waals surface area (Å²) in [7, 11) is 1.81. The molecule has 0 aliphatic heterocycles. The molecule has 12 heavy (non-hydrogen) atoms. The van der Waals surface area contributed by atoms with E-state index in [-0.39, 0.29) is 11.6 Å². The maximum Gasteiger partial charge on any atom is 0.127 e. The zero-order valence-corrected chi connectivity index (χ0v) is 8.29. The van der Waals surface area contributed by atoms with Crippen LogP contribution in [0.3, 0.4) is 0 Å². The van der Waals surface area contributed by atoms with E-state index in [0.717, 1.165) is 6.07 Å². The highest BCUT2D eigenvalue weighted by Crippen LogP contribution is 2.19. The molecule has 0 saturated carbocycles. The van der Waals surface area contributed by atoms with Crippen LogP contribution in [0, 0.1) is 11.6 Å². The van der Waals surface area contributed by atoms with Crippen molar-refractivity contribution in [1.29, 1.82) is 0 Å². The van der Waals surface area contributed by atoms with Crippen LogP contribution in [0.4, 0.5) is 8.78 Å². The number of hydrogen-bond acceptors (Lipinski definition) is 0. The second-order valence-electron chi connectivity index (χ2n) is 2.47. The standard InChI is InChI=1S/C8H8BBrF2/c9-3-5-6(4-10)8(12)2-1-7(5)11/h1-2H,3-4,9H2. The quantitative estimate of drug-likeness (QED) is 0.541. The van der Waals surface area contributed by atoms with Gasteiger partial charge in [-0.25, -0.2) is 8.78 Å². The van der Waals surface area contributed by atoms with Crippen LogP contribution in [0.5, 0.6) is 0 Å². The fourth-order valence-electron chi connectivity index (χ4n) is 1.16. The van der Waals surface area contributed by atoms with Crippen molar-refractivity contribution in [1.82, 2.24) is 0 Å². The molecule has 1 rings (SSSR count). The molecule has 0 nitrogen and oxygen atoms in total. The van der Waals surface area contributed by atoms with Gasteiger partial charge < -0.3 is 0 Å². The van der Waals surface area contributed by atoms with Gasteiger partial charge in [-0.1, -0.05) is 22.3 Å². The summed E-state index contributed by atoms with van der Waals surface area (Å²) in [4.78, 5) is 0. The third-order valence-electron chi connectivity index (χ3n) is 1.80. The van der Waals surface area contributed by atoms with Gasteiger partial charge in [-0.05, 0) is 17.7 Å². The second-order valence-corrected chi connectivity index (χ2v) is 3.03. The highest BCUT2D eigenvalue weighted by molar-refractivity contribution is 9.08. The fourth-order valence-corrected chi connectivity index (χ4v) is 1.77. The average molecular weight is 233 g/mol. The molecule has 0 amide bonds. The molecule has 0 unspecified atom stereocenters. The summed E-state index contributed by atoms with van der Waals surface area (Å²) in [6, 6.07) is 2.32. The minimum absolute atomic E-state index is 0.326. The molecule has 64 valence electrons. The van der Waals surface area contributed by atoms with Crippen LogP contribution in [0.15, 0.2) is 12.1 Å². The Kier molecular flexibility index (Phi) is 3.26. The topological polar surface area (TPSA) is 0 Å². The lowest BCUT2D eigenvalue weighted by atomic mass is 9.93. The Labute approximate surface area is 79.5 Å². The zero-order valence-electron chi connectivity index (χ0n) is 6.70. The Hall–Kier alpha value is -0.375. The lowest BCUT2D eigenvalue weighted by Gasteiger charge is -2.06. The van der Waals surface area contributed by atoms with Crippen molar-refractivity contribution >= 4 is 23.8 Å². The Morgan fingerprint density at radius 2 is 1.67 bits per heavy atom. The second kappa shape index (κ2) is 4.03.